The van der Waals surface area contributed by atoms with Crippen LogP contribution in [0.5, 0.6) is 0 Å². The predicted octanol–water partition coefficient (Wildman–Crippen LogP) is 0.250. The van der Waals surface area contributed by atoms with Crippen LogP contribution in [0.15, 0.2) is 28.7 Å². The van der Waals surface area contributed by atoms with Crippen LogP contribution in [0.2, 0.25) is 0 Å². The molecule has 0 saturated carbocycles. The summed E-state index contributed by atoms with van der Waals surface area (Å²) in [5, 5.41) is 16.0. The lowest BCUT2D eigenvalue weighted by molar-refractivity contribution is 0.0731. The Kier molecular flexibility index (Phi) is 2.80. The number of oxazole rings is 1. The van der Waals surface area contributed by atoms with Gasteiger partial charge in [0.05, 0.1) is 6.04 Å². The van der Waals surface area contributed by atoms with Crippen LogP contribution in [-0.2, 0) is 6.42 Å². The van der Waals surface area contributed by atoms with Crippen LogP contribution < -0.4 is 10.6 Å². The van der Waals surface area contributed by atoms with Crippen molar-refractivity contribution in [3.05, 3.63) is 30.2 Å². The second-order valence-electron chi connectivity index (χ2n) is 4.24. The maximum absolute atomic E-state index is 9.76. The Bertz CT molecular complexity index is 478. The fourth-order valence-electron chi connectivity index (χ4n) is 2.11. The van der Waals surface area contributed by atoms with Gasteiger partial charge in [0, 0.05) is 19.5 Å². The minimum Gasteiger partial charge on any atom is -0.441 e. The Hall–Kier alpha value is -1.43. The highest BCUT2D eigenvalue weighted by Gasteiger charge is 2.24. The number of aliphatic hydroxyl groups is 1. The van der Waals surface area contributed by atoms with Crippen molar-refractivity contribution in [3.8, 4) is 0 Å². The molecule has 0 aliphatic carbocycles. The van der Waals surface area contributed by atoms with E-state index in [1.54, 1.807) is 0 Å². The molecule has 2 atom stereocenters. The third-order valence-electron chi connectivity index (χ3n) is 3.00. The molecule has 2 aromatic rings. The Balaban J connectivity index is 1.79. The number of aliphatic hydroxyl groups excluding tert-OH is 1. The van der Waals surface area contributed by atoms with Crippen molar-refractivity contribution >= 4 is 11.1 Å². The quantitative estimate of drug-likeness (QED) is 0.693. The van der Waals surface area contributed by atoms with E-state index in [0.29, 0.717) is 12.3 Å². The zero-order valence-corrected chi connectivity index (χ0v) is 9.39. The zero-order chi connectivity index (χ0) is 11.7. The van der Waals surface area contributed by atoms with Gasteiger partial charge in [-0.25, -0.2) is 4.98 Å². The number of rotatable bonds is 2. The molecule has 90 valence electrons. The summed E-state index contributed by atoms with van der Waals surface area (Å²) in [6, 6.07) is 7.63. The second kappa shape index (κ2) is 4.44. The van der Waals surface area contributed by atoms with E-state index in [1.807, 2.05) is 24.3 Å². The molecule has 1 fully saturated rings. The minimum atomic E-state index is -0.543. The normalized spacial score (nSPS) is 25.2. The Labute approximate surface area is 98.8 Å². The van der Waals surface area contributed by atoms with Crippen LogP contribution in [0.25, 0.3) is 11.1 Å². The molecule has 2 heterocycles. The molecule has 3 N–H and O–H groups in total. The van der Waals surface area contributed by atoms with Crippen molar-refractivity contribution in [1.29, 1.82) is 0 Å². The lowest BCUT2D eigenvalue weighted by atomic mass is 10.1. The first-order chi connectivity index (χ1) is 8.33. The highest BCUT2D eigenvalue weighted by atomic mass is 16.3. The van der Waals surface area contributed by atoms with Crippen LogP contribution in [0.4, 0.5) is 0 Å². The number of hydrogen-bond acceptors (Lipinski definition) is 5. The molecular weight excluding hydrogens is 218 g/mol. The van der Waals surface area contributed by atoms with Gasteiger partial charge in [-0.2, -0.15) is 0 Å². The summed E-state index contributed by atoms with van der Waals surface area (Å²) in [5.74, 6) is 0.659. The first kappa shape index (κ1) is 10.7. The highest BCUT2D eigenvalue weighted by molar-refractivity contribution is 5.72. The monoisotopic (exact) mass is 233 g/mol. The summed E-state index contributed by atoms with van der Waals surface area (Å²) >= 11 is 0. The number of fused-ring (bicyclic) bond motifs is 1. The van der Waals surface area contributed by atoms with Gasteiger partial charge in [0.1, 0.15) is 11.7 Å². The molecule has 0 amide bonds. The summed E-state index contributed by atoms with van der Waals surface area (Å²) in [5.41, 5.74) is 1.65. The van der Waals surface area contributed by atoms with Crippen LogP contribution in [-0.4, -0.2) is 35.4 Å². The van der Waals surface area contributed by atoms with E-state index in [9.17, 15) is 5.11 Å². The SMILES string of the molecule is OC1NCCNC1Cc1nc2ccccc2o1. The molecule has 2 unspecified atom stereocenters. The Morgan fingerprint density at radius 3 is 2.94 bits per heavy atom. The van der Waals surface area contributed by atoms with Gasteiger partial charge in [-0.05, 0) is 12.1 Å². The first-order valence-corrected chi connectivity index (χ1v) is 5.82. The molecule has 17 heavy (non-hydrogen) atoms. The molecule has 1 aromatic heterocycles. The molecule has 0 bridgehead atoms. The van der Waals surface area contributed by atoms with Gasteiger partial charge >= 0.3 is 0 Å². The number of aromatic nitrogens is 1. The minimum absolute atomic E-state index is 0.0446. The standard InChI is InChI=1S/C12H15N3O2/c16-12-9(13-5-6-14-12)7-11-15-8-3-1-2-4-10(8)17-11/h1-4,9,12-14,16H,5-7H2. The van der Waals surface area contributed by atoms with E-state index in [0.717, 1.165) is 24.2 Å². The summed E-state index contributed by atoms with van der Waals surface area (Å²) in [6.07, 6.45) is 0.0433. The number of para-hydroxylation sites is 2. The van der Waals surface area contributed by atoms with Gasteiger partial charge in [0.2, 0.25) is 0 Å². The largest absolute Gasteiger partial charge is 0.441 e. The summed E-state index contributed by atoms with van der Waals surface area (Å²) in [7, 11) is 0. The number of nitrogens with one attached hydrogen (secondary N) is 2. The lowest BCUT2D eigenvalue weighted by Gasteiger charge is -2.28. The average molecular weight is 233 g/mol. The van der Waals surface area contributed by atoms with E-state index in [-0.39, 0.29) is 6.04 Å². The molecule has 1 aliphatic rings. The van der Waals surface area contributed by atoms with Gasteiger partial charge < -0.3 is 14.8 Å². The van der Waals surface area contributed by atoms with E-state index in [1.165, 1.54) is 0 Å². The number of piperazine rings is 1. The maximum Gasteiger partial charge on any atom is 0.197 e. The summed E-state index contributed by atoms with van der Waals surface area (Å²) in [6.45, 7) is 1.63. The molecule has 5 nitrogen and oxygen atoms in total. The van der Waals surface area contributed by atoms with Gasteiger partial charge in [0.25, 0.3) is 0 Å². The Morgan fingerprint density at radius 1 is 1.29 bits per heavy atom. The fourth-order valence-corrected chi connectivity index (χ4v) is 2.11. The molecule has 5 heteroatoms. The number of nitrogens with zero attached hydrogens (tertiary/aromatic N) is 1. The smallest absolute Gasteiger partial charge is 0.197 e. The van der Waals surface area contributed by atoms with Gasteiger partial charge in [0.15, 0.2) is 11.5 Å². The van der Waals surface area contributed by atoms with E-state index >= 15 is 0 Å². The number of hydrogen-bond donors (Lipinski definition) is 3. The van der Waals surface area contributed by atoms with Crippen molar-refractivity contribution in [3.63, 3.8) is 0 Å². The first-order valence-electron chi connectivity index (χ1n) is 5.82. The predicted molar refractivity (Wildman–Crippen MR) is 63.5 cm³/mol. The lowest BCUT2D eigenvalue weighted by Crippen LogP contribution is -2.56. The van der Waals surface area contributed by atoms with Gasteiger partial charge in [-0.1, -0.05) is 12.1 Å². The number of benzene rings is 1. The molecule has 1 aromatic carbocycles. The highest BCUT2D eigenvalue weighted by Crippen LogP contribution is 2.16. The van der Waals surface area contributed by atoms with Crippen molar-refractivity contribution in [2.75, 3.05) is 13.1 Å². The molecule has 0 spiro atoms. The van der Waals surface area contributed by atoms with Gasteiger partial charge in [-0.15, -0.1) is 0 Å². The van der Waals surface area contributed by atoms with Crippen molar-refractivity contribution in [2.24, 2.45) is 0 Å². The topological polar surface area (TPSA) is 70.3 Å². The Morgan fingerprint density at radius 2 is 2.12 bits per heavy atom. The summed E-state index contributed by atoms with van der Waals surface area (Å²) in [4.78, 5) is 4.40. The van der Waals surface area contributed by atoms with Gasteiger partial charge in [-0.3, -0.25) is 5.32 Å². The maximum atomic E-state index is 9.76. The van der Waals surface area contributed by atoms with Crippen LogP contribution in [0, 0.1) is 0 Å². The van der Waals surface area contributed by atoms with Crippen molar-refractivity contribution in [2.45, 2.75) is 18.7 Å². The van der Waals surface area contributed by atoms with Crippen LogP contribution in [0.3, 0.4) is 0 Å². The third kappa shape index (κ3) is 2.17. The van der Waals surface area contributed by atoms with Crippen LogP contribution in [0.1, 0.15) is 5.89 Å². The van der Waals surface area contributed by atoms with E-state index in [4.69, 9.17) is 4.42 Å². The molecule has 1 aliphatic heterocycles. The summed E-state index contributed by atoms with van der Waals surface area (Å²) < 4.78 is 5.63. The van der Waals surface area contributed by atoms with Crippen LogP contribution >= 0.6 is 0 Å². The second-order valence-corrected chi connectivity index (χ2v) is 4.24. The molecule has 3 rings (SSSR count). The van der Waals surface area contributed by atoms with E-state index < -0.39 is 6.23 Å². The average Bonchev–Trinajstić information content (AvgIpc) is 2.74. The fraction of sp³-hybridized carbons (Fsp3) is 0.417. The van der Waals surface area contributed by atoms with E-state index in [2.05, 4.69) is 15.6 Å². The molecule has 0 radical (unpaired) electrons. The van der Waals surface area contributed by atoms with Crippen molar-refractivity contribution in [1.82, 2.24) is 15.6 Å². The molecule has 1 saturated heterocycles. The zero-order valence-electron chi connectivity index (χ0n) is 9.39. The third-order valence-corrected chi connectivity index (χ3v) is 3.00. The van der Waals surface area contributed by atoms with Crippen molar-refractivity contribution < 1.29 is 9.52 Å². The molecular formula is C12H15N3O2.